The quantitative estimate of drug-likeness (QED) is 0.663. The summed E-state index contributed by atoms with van der Waals surface area (Å²) in [7, 11) is 1.37. The maximum absolute atomic E-state index is 11.0. The monoisotopic (exact) mass is 292 g/mol. The van der Waals surface area contributed by atoms with Crippen LogP contribution in [0.3, 0.4) is 0 Å². The molecule has 0 aliphatic heterocycles. The van der Waals surface area contributed by atoms with Crippen LogP contribution in [-0.2, 0) is 0 Å². The molecule has 0 fully saturated rings. The molecule has 0 aliphatic rings. The molecule has 8 nitrogen and oxygen atoms in total. The van der Waals surface area contributed by atoms with Crippen LogP contribution in [0.25, 0.3) is 11.5 Å². The zero-order chi connectivity index (χ0) is 15.6. The van der Waals surface area contributed by atoms with Crippen molar-refractivity contribution in [1.82, 2.24) is 10.1 Å². The predicted octanol–water partition coefficient (Wildman–Crippen LogP) is 2.31. The van der Waals surface area contributed by atoms with Gasteiger partial charge >= 0.3 is 5.69 Å². The third-order valence-electron chi connectivity index (χ3n) is 3.08. The van der Waals surface area contributed by atoms with Crippen LogP contribution < -0.4 is 10.5 Å². The van der Waals surface area contributed by atoms with Crippen LogP contribution in [-0.4, -0.2) is 22.2 Å². The van der Waals surface area contributed by atoms with Crippen LogP contribution in [0.1, 0.15) is 25.7 Å². The number of nitrogens with zero attached hydrogens (tertiary/aromatic N) is 3. The summed E-state index contributed by atoms with van der Waals surface area (Å²) in [6.07, 6.45) is 0. The molecular formula is C13H16N4O4. The van der Waals surface area contributed by atoms with E-state index in [1.54, 1.807) is 6.07 Å². The van der Waals surface area contributed by atoms with Crippen molar-refractivity contribution in [2.24, 2.45) is 11.7 Å². The number of benzene rings is 1. The van der Waals surface area contributed by atoms with Gasteiger partial charge in [0.15, 0.2) is 11.6 Å². The van der Waals surface area contributed by atoms with E-state index in [0.717, 1.165) is 0 Å². The van der Waals surface area contributed by atoms with Gasteiger partial charge in [-0.1, -0.05) is 19.0 Å². The molecule has 1 aromatic carbocycles. The van der Waals surface area contributed by atoms with Gasteiger partial charge in [-0.3, -0.25) is 10.1 Å². The number of nitro benzene ring substituents is 1. The van der Waals surface area contributed by atoms with Crippen LogP contribution >= 0.6 is 0 Å². The molecule has 0 spiro atoms. The van der Waals surface area contributed by atoms with E-state index in [9.17, 15) is 10.1 Å². The zero-order valence-electron chi connectivity index (χ0n) is 11.9. The van der Waals surface area contributed by atoms with E-state index in [-0.39, 0.29) is 29.3 Å². The van der Waals surface area contributed by atoms with E-state index in [1.807, 2.05) is 13.8 Å². The second-order valence-electron chi connectivity index (χ2n) is 4.87. The molecule has 1 unspecified atom stereocenters. The molecule has 0 amide bonds. The summed E-state index contributed by atoms with van der Waals surface area (Å²) in [5.41, 5.74) is 6.22. The molecule has 1 atom stereocenters. The summed E-state index contributed by atoms with van der Waals surface area (Å²) in [5.74, 6) is 0.883. The molecule has 0 saturated carbocycles. The first-order chi connectivity index (χ1) is 9.93. The van der Waals surface area contributed by atoms with Crippen molar-refractivity contribution in [1.29, 1.82) is 0 Å². The fourth-order valence-corrected chi connectivity index (χ4v) is 1.75. The van der Waals surface area contributed by atoms with E-state index in [2.05, 4.69) is 10.1 Å². The second kappa shape index (κ2) is 5.88. The van der Waals surface area contributed by atoms with Crippen molar-refractivity contribution in [3.8, 4) is 17.2 Å². The van der Waals surface area contributed by atoms with Gasteiger partial charge in [0, 0.05) is 11.6 Å². The highest BCUT2D eigenvalue weighted by atomic mass is 16.6. The smallest absolute Gasteiger partial charge is 0.311 e. The summed E-state index contributed by atoms with van der Waals surface area (Å²) < 4.78 is 10.1. The first-order valence-electron chi connectivity index (χ1n) is 6.36. The Hall–Kier alpha value is -2.48. The van der Waals surface area contributed by atoms with Crippen molar-refractivity contribution < 1.29 is 14.2 Å². The minimum Gasteiger partial charge on any atom is -0.490 e. The van der Waals surface area contributed by atoms with E-state index in [0.29, 0.717) is 11.4 Å². The second-order valence-corrected chi connectivity index (χ2v) is 4.87. The number of hydrogen-bond acceptors (Lipinski definition) is 7. The Bertz CT molecular complexity index is 653. The normalized spacial score (nSPS) is 12.4. The maximum Gasteiger partial charge on any atom is 0.311 e. The summed E-state index contributed by atoms with van der Waals surface area (Å²) in [5, 5.41) is 14.8. The lowest BCUT2D eigenvalue weighted by Crippen LogP contribution is -2.18. The van der Waals surface area contributed by atoms with Crippen molar-refractivity contribution in [3.63, 3.8) is 0 Å². The molecule has 2 aromatic rings. The molecular weight excluding hydrogens is 276 g/mol. The summed E-state index contributed by atoms with van der Waals surface area (Å²) in [6, 6.07) is 4.08. The number of nitrogens with two attached hydrogens (primary N) is 1. The van der Waals surface area contributed by atoms with E-state index in [4.69, 9.17) is 15.0 Å². The summed E-state index contributed by atoms with van der Waals surface area (Å²) in [6.45, 7) is 3.89. The van der Waals surface area contributed by atoms with Crippen molar-refractivity contribution >= 4 is 5.69 Å². The van der Waals surface area contributed by atoms with Gasteiger partial charge in [-0.05, 0) is 18.1 Å². The molecule has 2 rings (SSSR count). The summed E-state index contributed by atoms with van der Waals surface area (Å²) in [4.78, 5) is 14.7. The van der Waals surface area contributed by atoms with Crippen LogP contribution in [0, 0.1) is 16.0 Å². The van der Waals surface area contributed by atoms with Crippen molar-refractivity contribution in [2.45, 2.75) is 19.9 Å². The molecule has 0 radical (unpaired) electrons. The minimum atomic E-state index is -0.528. The van der Waals surface area contributed by atoms with Crippen molar-refractivity contribution in [2.75, 3.05) is 7.11 Å². The Labute approximate surface area is 121 Å². The van der Waals surface area contributed by atoms with Gasteiger partial charge in [0.2, 0.25) is 0 Å². The fraction of sp³-hybridized carbons (Fsp3) is 0.385. The molecule has 1 aromatic heterocycles. The lowest BCUT2D eigenvalue weighted by Gasteiger charge is -2.09. The van der Waals surface area contributed by atoms with Crippen LogP contribution in [0.5, 0.6) is 5.75 Å². The van der Waals surface area contributed by atoms with E-state index >= 15 is 0 Å². The van der Waals surface area contributed by atoms with Gasteiger partial charge in [0.05, 0.1) is 18.1 Å². The van der Waals surface area contributed by atoms with E-state index in [1.165, 1.54) is 19.2 Å². The van der Waals surface area contributed by atoms with Gasteiger partial charge in [-0.2, -0.15) is 4.98 Å². The molecule has 1 heterocycles. The molecule has 2 N–H and O–H groups in total. The number of aromatic nitrogens is 2. The van der Waals surface area contributed by atoms with Gasteiger partial charge in [0.25, 0.3) is 5.89 Å². The Morgan fingerprint density at radius 3 is 2.71 bits per heavy atom. The fourth-order valence-electron chi connectivity index (χ4n) is 1.75. The Morgan fingerprint density at radius 2 is 2.14 bits per heavy atom. The van der Waals surface area contributed by atoms with Crippen molar-refractivity contribution in [3.05, 3.63) is 34.1 Å². The maximum atomic E-state index is 11.0. The Kier molecular flexibility index (Phi) is 4.18. The predicted molar refractivity (Wildman–Crippen MR) is 74.7 cm³/mol. The lowest BCUT2D eigenvalue weighted by molar-refractivity contribution is -0.385. The summed E-state index contributed by atoms with van der Waals surface area (Å²) >= 11 is 0. The largest absolute Gasteiger partial charge is 0.490 e. The van der Waals surface area contributed by atoms with Crippen LogP contribution in [0.15, 0.2) is 22.7 Å². The Morgan fingerprint density at radius 1 is 1.43 bits per heavy atom. The SMILES string of the molecule is COc1ccc(-c2nc(C(N)C(C)C)no2)cc1[N+](=O)[O-]. The highest BCUT2D eigenvalue weighted by Crippen LogP contribution is 2.32. The number of hydrogen-bond donors (Lipinski definition) is 1. The van der Waals surface area contributed by atoms with Gasteiger partial charge < -0.3 is 15.0 Å². The van der Waals surface area contributed by atoms with Gasteiger partial charge in [0.1, 0.15) is 0 Å². The Balaban J connectivity index is 2.39. The van der Waals surface area contributed by atoms with Crippen LogP contribution in [0.4, 0.5) is 5.69 Å². The number of rotatable bonds is 5. The zero-order valence-corrected chi connectivity index (χ0v) is 11.9. The van der Waals surface area contributed by atoms with Gasteiger partial charge in [-0.15, -0.1) is 0 Å². The standard InChI is InChI=1S/C13H16N4O4/c1-7(2)11(14)12-15-13(21-16-12)8-4-5-10(20-3)9(6-8)17(18)19/h4-7,11H,14H2,1-3H3. The highest BCUT2D eigenvalue weighted by Gasteiger charge is 2.21. The number of ether oxygens (including phenoxy) is 1. The van der Waals surface area contributed by atoms with Crippen LogP contribution in [0.2, 0.25) is 0 Å². The topological polar surface area (TPSA) is 117 Å². The number of methoxy groups -OCH3 is 1. The average Bonchev–Trinajstić information content (AvgIpc) is 2.95. The molecule has 0 saturated heterocycles. The molecule has 8 heteroatoms. The molecule has 0 aliphatic carbocycles. The average molecular weight is 292 g/mol. The third kappa shape index (κ3) is 3.00. The van der Waals surface area contributed by atoms with Gasteiger partial charge in [-0.25, -0.2) is 0 Å². The van der Waals surface area contributed by atoms with E-state index < -0.39 is 4.92 Å². The molecule has 112 valence electrons. The third-order valence-corrected chi connectivity index (χ3v) is 3.08. The minimum absolute atomic E-state index is 0.153. The first kappa shape index (κ1) is 14.9. The first-order valence-corrected chi connectivity index (χ1v) is 6.36. The number of nitro groups is 1. The molecule has 0 bridgehead atoms. The molecule has 21 heavy (non-hydrogen) atoms. The lowest BCUT2D eigenvalue weighted by atomic mass is 10.1. The highest BCUT2D eigenvalue weighted by molar-refractivity contribution is 5.62.